The van der Waals surface area contributed by atoms with Crippen LogP contribution >= 0.6 is 0 Å². The molecular weight excluding hydrogens is 532 g/mol. The first-order valence-corrected chi connectivity index (χ1v) is 15.3. The fraction of sp³-hybridized carbons (Fsp3) is 0.613. The van der Waals surface area contributed by atoms with Crippen LogP contribution in [-0.2, 0) is 11.2 Å². The lowest BCUT2D eigenvalue weighted by Gasteiger charge is -2.37. The van der Waals surface area contributed by atoms with E-state index in [-0.39, 0.29) is 17.8 Å². The summed E-state index contributed by atoms with van der Waals surface area (Å²) in [5.74, 6) is 0.723. The zero-order valence-corrected chi connectivity index (χ0v) is 25.6. The van der Waals surface area contributed by atoms with Crippen molar-refractivity contribution in [1.82, 2.24) is 24.3 Å². The minimum Gasteiger partial charge on any atom is -0.338 e. The molecule has 5 N–H and O–H groups in total. The van der Waals surface area contributed by atoms with Gasteiger partial charge < -0.3 is 26.2 Å². The highest BCUT2D eigenvalue weighted by atomic mass is 16.2. The lowest BCUT2D eigenvalue weighted by atomic mass is 9.85. The van der Waals surface area contributed by atoms with Crippen LogP contribution in [0.25, 0.3) is 5.69 Å². The van der Waals surface area contributed by atoms with Crippen molar-refractivity contribution in [2.24, 2.45) is 17.4 Å². The molecule has 230 valence electrons. The molecule has 3 unspecified atom stereocenters. The zero-order valence-electron chi connectivity index (χ0n) is 25.6. The molecule has 11 heteroatoms. The Balaban J connectivity index is 1.31. The predicted octanol–water partition coefficient (Wildman–Crippen LogP) is 2.42. The predicted molar refractivity (Wildman–Crippen MR) is 166 cm³/mol. The smallest absolute Gasteiger partial charge is 0.338 e. The number of likely N-dealkylation sites (N-methyl/N-ethyl adjacent to an activating group) is 1. The molecule has 1 aromatic heterocycles. The molecule has 4 rings (SSSR count). The monoisotopic (exact) mass is 580 g/mol. The van der Waals surface area contributed by atoms with Crippen molar-refractivity contribution in [1.29, 1.82) is 0 Å². The quantitative estimate of drug-likeness (QED) is 0.413. The fourth-order valence-electron chi connectivity index (χ4n) is 6.09. The van der Waals surface area contributed by atoms with Crippen molar-refractivity contribution >= 4 is 17.8 Å². The third-order valence-corrected chi connectivity index (χ3v) is 8.54. The van der Waals surface area contributed by atoms with E-state index >= 15 is 0 Å². The number of hydrogen-bond acceptors (Lipinski definition) is 7. The number of nitrogens with zero attached hydrogens (tertiary/aromatic N) is 5. The number of nitrogens with two attached hydrogens (primary N) is 2. The van der Waals surface area contributed by atoms with Gasteiger partial charge in [-0.25, -0.2) is 9.59 Å². The summed E-state index contributed by atoms with van der Waals surface area (Å²) in [4.78, 5) is 47.9. The maximum absolute atomic E-state index is 12.8. The molecule has 2 aliphatic rings. The molecule has 1 saturated heterocycles. The zero-order chi connectivity index (χ0) is 30.4. The summed E-state index contributed by atoms with van der Waals surface area (Å²) in [5.41, 5.74) is 12.6. The Morgan fingerprint density at radius 1 is 1.10 bits per heavy atom. The normalized spacial score (nSPS) is 20.5. The maximum atomic E-state index is 12.8. The second kappa shape index (κ2) is 13.8. The van der Waals surface area contributed by atoms with Crippen LogP contribution in [0.5, 0.6) is 0 Å². The average Bonchev–Trinajstić information content (AvgIpc) is 2.95. The maximum Gasteiger partial charge on any atom is 0.354 e. The summed E-state index contributed by atoms with van der Waals surface area (Å²) in [5, 5.41) is 2.71. The van der Waals surface area contributed by atoms with E-state index in [4.69, 9.17) is 11.5 Å². The van der Waals surface area contributed by atoms with Crippen LogP contribution in [0.15, 0.2) is 41.3 Å². The molecule has 3 atom stereocenters. The number of anilines is 1. The summed E-state index contributed by atoms with van der Waals surface area (Å²) < 4.78 is 1.46. The van der Waals surface area contributed by atoms with Crippen molar-refractivity contribution in [3.8, 4) is 5.69 Å². The van der Waals surface area contributed by atoms with Gasteiger partial charge in [0.1, 0.15) is 5.82 Å². The Morgan fingerprint density at radius 2 is 1.76 bits per heavy atom. The van der Waals surface area contributed by atoms with Gasteiger partial charge in [0.15, 0.2) is 0 Å². The number of benzene rings is 1. The molecule has 1 saturated carbocycles. The Hall–Kier alpha value is -3.28. The van der Waals surface area contributed by atoms with E-state index in [9.17, 15) is 14.4 Å². The molecule has 0 bridgehead atoms. The average molecular weight is 581 g/mol. The highest BCUT2D eigenvalue weighted by Gasteiger charge is 2.31. The Labute approximate surface area is 249 Å². The summed E-state index contributed by atoms with van der Waals surface area (Å²) in [6.45, 7) is 11.5. The molecule has 1 aliphatic carbocycles. The summed E-state index contributed by atoms with van der Waals surface area (Å²) in [6.07, 6.45) is 7.32. The Morgan fingerprint density at radius 3 is 2.36 bits per heavy atom. The van der Waals surface area contributed by atoms with Gasteiger partial charge in [0, 0.05) is 51.0 Å². The first-order valence-electron chi connectivity index (χ1n) is 15.3. The van der Waals surface area contributed by atoms with Crippen molar-refractivity contribution < 1.29 is 9.59 Å². The molecule has 2 aromatic rings. The van der Waals surface area contributed by atoms with E-state index in [0.717, 1.165) is 32.4 Å². The Bertz CT molecular complexity index is 1260. The SMILES string of the molecule is CCN(CC1CCCC(N)C1)C(C)Cc1ccc(-n2ccc(NC(=O)N3CCN(C(=O)C(C)(C)N)CC3)nc2=O)cc1. The van der Waals surface area contributed by atoms with Crippen LogP contribution in [-0.4, -0.2) is 93.1 Å². The Kier molecular flexibility index (Phi) is 10.4. The van der Waals surface area contributed by atoms with E-state index in [1.165, 1.54) is 23.0 Å². The summed E-state index contributed by atoms with van der Waals surface area (Å²) in [7, 11) is 0. The minimum atomic E-state index is -0.947. The topological polar surface area (TPSA) is 143 Å². The van der Waals surface area contributed by atoms with Gasteiger partial charge in [0.2, 0.25) is 5.91 Å². The molecule has 2 heterocycles. The first-order chi connectivity index (χ1) is 19.9. The van der Waals surface area contributed by atoms with Gasteiger partial charge in [0.25, 0.3) is 0 Å². The molecule has 0 radical (unpaired) electrons. The molecular formula is C31H48N8O3. The lowest BCUT2D eigenvalue weighted by molar-refractivity contribution is -0.137. The van der Waals surface area contributed by atoms with Gasteiger partial charge in [-0.15, -0.1) is 0 Å². The van der Waals surface area contributed by atoms with Crippen molar-refractivity contribution in [2.45, 2.75) is 77.4 Å². The second-order valence-electron chi connectivity index (χ2n) is 12.5. The minimum absolute atomic E-state index is 0.140. The number of rotatable bonds is 9. The molecule has 3 amide bonds. The van der Waals surface area contributed by atoms with Crippen LogP contribution in [0.4, 0.5) is 10.6 Å². The van der Waals surface area contributed by atoms with E-state index in [0.29, 0.717) is 49.9 Å². The van der Waals surface area contributed by atoms with Gasteiger partial charge in [-0.05, 0) is 82.7 Å². The largest absolute Gasteiger partial charge is 0.354 e. The lowest BCUT2D eigenvalue weighted by Crippen LogP contribution is -2.58. The number of urea groups is 1. The number of nitrogens with one attached hydrogen (secondary N) is 1. The van der Waals surface area contributed by atoms with Gasteiger partial charge in [0.05, 0.1) is 11.2 Å². The second-order valence-corrected chi connectivity index (χ2v) is 12.5. The molecule has 42 heavy (non-hydrogen) atoms. The van der Waals surface area contributed by atoms with Gasteiger partial charge in [-0.1, -0.05) is 25.5 Å². The molecule has 1 aliphatic heterocycles. The fourth-order valence-corrected chi connectivity index (χ4v) is 6.09. The van der Waals surface area contributed by atoms with Crippen LogP contribution in [0.2, 0.25) is 0 Å². The number of carbonyl (C=O) groups excluding carboxylic acids is 2. The summed E-state index contributed by atoms with van der Waals surface area (Å²) in [6, 6.07) is 10.0. The molecule has 2 fully saturated rings. The van der Waals surface area contributed by atoms with Gasteiger partial charge in [-0.3, -0.25) is 14.7 Å². The van der Waals surface area contributed by atoms with E-state index < -0.39 is 11.2 Å². The third-order valence-electron chi connectivity index (χ3n) is 8.54. The van der Waals surface area contributed by atoms with Crippen LogP contribution in [0.3, 0.4) is 0 Å². The van der Waals surface area contributed by atoms with Gasteiger partial charge >= 0.3 is 11.7 Å². The molecule has 11 nitrogen and oxygen atoms in total. The van der Waals surface area contributed by atoms with Crippen molar-refractivity contribution in [3.63, 3.8) is 0 Å². The van der Waals surface area contributed by atoms with Crippen LogP contribution < -0.4 is 22.5 Å². The first kappa shape index (κ1) is 31.7. The van der Waals surface area contributed by atoms with Crippen molar-refractivity contribution in [2.75, 3.05) is 44.6 Å². The van der Waals surface area contributed by atoms with Gasteiger partial charge in [-0.2, -0.15) is 4.98 Å². The number of aromatic nitrogens is 2. The van der Waals surface area contributed by atoms with E-state index in [1.807, 2.05) is 12.1 Å². The van der Waals surface area contributed by atoms with Crippen LogP contribution in [0.1, 0.15) is 58.9 Å². The third kappa shape index (κ3) is 8.17. The molecule has 0 spiro atoms. The standard InChI is InChI=1S/C31H48N8O3/c1-5-36(21-24-7-6-8-25(32)20-24)22(2)19-23-9-11-26(12-10-23)39-14-13-27(35-30(39)42)34-29(41)38-17-15-37(16-18-38)28(40)31(3,4)33/h9-14,22,24-25H,5-8,15-21,32-33H2,1-4H3,(H,34,35,41,42). The number of hydrogen-bond donors (Lipinski definition) is 3. The highest BCUT2D eigenvalue weighted by Crippen LogP contribution is 2.25. The van der Waals surface area contributed by atoms with Crippen molar-refractivity contribution in [3.05, 3.63) is 52.6 Å². The van der Waals surface area contributed by atoms with Crippen LogP contribution in [0, 0.1) is 5.92 Å². The highest BCUT2D eigenvalue weighted by molar-refractivity contribution is 5.89. The summed E-state index contributed by atoms with van der Waals surface area (Å²) >= 11 is 0. The number of piperazine rings is 1. The van der Waals surface area contributed by atoms with E-state index in [2.05, 4.69) is 41.2 Å². The molecule has 1 aromatic carbocycles. The van der Waals surface area contributed by atoms with E-state index in [1.54, 1.807) is 35.9 Å². The number of amides is 3. The number of carbonyl (C=O) groups is 2.